The maximum Gasteiger partial charge on any atom is 0.166 e. The lowest BCUT2D eigenvalue weighted by atomic mass is 9.86. The topological polar surface area (TPSA) is 21.6 Å². The molecule has 24 heavy (non-hydrogen) atoms. The lowest BCUT2D eigenvalue weighted by molar-refractivity contribution is 0.275. The van der Waals surface area contributed by atoms with E-state index in [0.29, 0.717) is 0 Å². The second-order valence-electron chi connectivity index (χ2n) is 6.45. The van der Waals surface area contributed by atoms with Crippen molar-refractivity contribution in [2.45, 2.75) is 19.1 Å². The quantitative estimate of drug-likeness (QED) is 0.618. The fourth-order valence-electron chi connectivity index (χ4n) is 3.73. The number of rotatable bonds is 1. The SMILES string of the molecule is Cc1ccc2c(c1)C1N=C(c3ccccc3)C2Oc2ccccc21. The van der Waals surface area contributed by atoms with Crippen molar-refractivity contribution in [3.8, 4) is 5.75 Å². The molecule has 0 radical (unpaired) electrons. The molecule has 0 aliphatic carbocycles. The van der Waals surface area contributed by atoms with E-state index in [-0.39, 0.29) is 12.1 Å². The van der Waals surface area contributed by atoms with E-state index >= 15 is 0 Å². The van der Waals surface area contributed by atoms with Gasteiger partial charge in [0.1, 0.15) is 11.8 Å². The van der Waals surface area contributed by atoms with Gasteiger partial charge in [-0.25, -0.2) is 0 Å². The number of nitrogens with zero attached hydrogens (tertiary/aromatic N) is 1. The van der Waals surface area contributed by atoms with Crippen LogP contribution in [0.1, 0.15) is 40.0 Å². The average molecular weight is 311 g/mol. The summed E-state index contributed by atoms with van der Waals surface area (Å²) >= 11 is 0. The van der Waals surface area contributed by atoms with E-state index in [4.69, 9.17) is 9.73 Å². The average Bonchev–Trinajstić information content (AvgIpc) is 2.87. The van der Waals surface area contributed by atoms with Crippen LogP contribution >= 0.6 is 0 Å². The van der Waals surface area contributed by atoms with E-state index in [1.807, 2.05) is 12.1 Å². The number of aliphatic imine (C=N–C) groups is 1. The highest BCUT2D eigenvalue weighted by molar-refractivity contribution is 6.06. The molecule has 2 heteroatoms. The van der Waals surface area contributed by atoms with Crippen LogP contribution in [0.3, 0.4) is 0 Å². The molecule has 3 aliphatic heterocycles. The minimum absolute atomic E-state index is 0.00468. The summed E-state index contributed by atoms with van der Waals surface area (Å²) in [5.41, 5.74) is 7.06. The van der Waals surface area contributed by atoms with Crippen molar-refractivity contribution in [1.29, 1.82) is 0 Å². The van der Waals surface area contributed by atoms with Crippen molar-refractivity contribution in [2.24, 2.45) is 4.99 Å². The highest BCUT2D eigenvalue weighted by Gasteiger charge is 2.37. The Morgan fingerprint density at radius 2 is 1.58 bits per heavy atom. The predicted octanol–water partition coefficient (Wildman–Crippen LogP) is 5.02. The third-order valence-electron chi connectivity index (χ3n) is 4.86. The van der Waals surface area contributed by atoms with Gasteiger partial charge < -0.3 is 4.74 Å². The molecule has 2 atom stereocenters. The molecular formula is C22H17NO. The summed E-state index contributed by atoms with van der Waals surface area (Å²) in [6, 6.07) is 25.3. The first-order chi connectivity index (χ1) is 11.8. The zero-order chi connectivity index (χ0) is 16.1. The molecule has 116 valence electrons. The van der Waals surface area contributed by atoms with Crippen LogP contribution in [-0.2, 0) is 0 Å². The van der Waals surface area contributed by atoms with E-state index in [0.717, 1.165) is 22.6 Å². The molecule has 3 heterocycles. The maximum absolute atomic E-state index is 6.45. The molecule has 0 saturated heterocycles. The zero-order valence-electron chi connectivity index (χ0n) is 13.4. The van der Waals surface area contributed by atoms with E-state index in [1.54, 1.807) is 0 Å². The van der Waals surface area contributed by atoms with Crippen LogP contribution in [0.5, 0.6) is 5.75 Å². The second kappa shape index (κ2) is 5.07. The normalized spacial score (nSPS) is 20.5. The summed E-state index contributed by atoms with van der Waals surface area (Å²) in [5.74, 6) is 0.941. The van der Waals surface area contributed by atoms with Gasteiger partial charge in [0, 0.05) is 11.1 Å². The first kappa shape index (κ1) is 13.6. The molecule has 2 bridgehead atoms. The van der Waals surface area contributed by atoms with Crippen molar-refractivity contribution in [3.63, 3.8) is 0 Å². The summed E-state index contributed by atoms with van der Waals surface area (Å²) in [5, 5.41) is 0. The molecule has 2 unspecified atom stereocenters. The Kier molecular flexibility index (Phi) is 2.86. The Morgan fingerprint density at radius 3 is 2.46 bits per heavy atom. The molecular weight excluding hydrogens is 294 g/mol. The number of hydrogen-bond donors (Lipinski definition) is 0. The molecule has 3 aromatic rings. The molecule has 3 aliphatic rings. The summed E-state index contributed by atoms with van der Waals surface area (Å²) in [7, 11) is 0. The fraction of sp³-hybridized carbons (Fsp3) is 0.136. The standard InChI is InChI=1S/C22H17NO/c1-14-11-12-16-18(13-14)21-17-9-5-6-10-19(17)24-22(16)20(23-21)15-7-3-2-4-8-15/h2-13,21-22H,1H3. The van der Waals surface area contributed by atoms with Crippen molar-refractivity contribution < 1.29 is 4.74 Å². The Morgan fingerprint density at radius 1 is 0.792 bits per heavy atom. The highest BCUT2D eigenvalue weighted by atomic mass is 16.5. The highest BCUT2D eigenvalue weighted by Crippen LogP contribution is 2.47. The summed E-state index contributed by atoms with van der Waals surface area (Å²) in [4.78, 5) is 5.13. The number of hydrogen-bond acceptors (Lipinski definition) is 2. The van der Waals surface area contributed by atoms with Crippen molar-refractivity contribution >= 4 is 5.71 Å². The van der Waals surface area contributed by atoms with E-state index < -0.39 is 0 Å². The maximum atomic E-state index is 6.45. The van der Waals surface area contributed by atoms with Crippen LogP contribution in [0.15, 0.2) is 77.8 Å². The van der Waals surface area contributed by atoms with Crippen LogP contribution in [0.25, 0.3) is 0 Å². The molecule has 0 spiro atoms. The number of aryl methyl sites for hydroxylation is 1. The van der Waals surface area contributed by atoms with Gasteiger partial charge in [-0.1, -0.05) is 72.3 Å². The zero-order valence-corrected chi connectivity index (χ0v) is 13.4. The van der Waals surface area contributed by atoms with Crippen molar-refractivity contribution in [3.05, 3.63) is 101 Å². The van der Waals surface area contributed by atoms with Gasteiger partial charge >= 0.3 is 0 Å². The van der Waals surface area contributed by atoms with Gasteiger partial charge in [-0.05, 0) is 24.1 Å². The predicted molar refractivity (Wildman–Crippen MR) is 95.8 cm³/mol. The third-order valence-corrected chi connectivity index (χ3v) is 4.86. The van der Waals surface area contributed by atoms with Crippen LogP contribution in [0, 0.1) is 6.92 Å². The van der Waals surface area contributed by atoms with Gasteiger partial charge in [-0.3, -0.25) is 4.99 Å². The Bertz CT molecular complexity index is 959. The van der Waals surface area contributed by atoms with Gasteiger partial charge in [0.15, 0.2) is 6.10 Å². The summed E-state index contributed by atoms with van der Waals surface area (Å²) in [6.07, 6.45) is -0.150. The Labute approximate surface area is 141 Å². The smallest absolute Gasteiger partial charge is 0.166 e. The van der Waals surface area contributed by atoms with Gasteiger partial charge in [-0.2, -0.15) is 0 Å². The largest absolute Gasteiger partial charge is 0.479 e. The fourth-order valence-corrected chi connectivity index (χ4v) is 3.73. The lowest BCUT2D eigenvalue weighted by Gasteiger charge is -2.27. The minimum atomic E-state index is -0.150. The summed E-state index contributed by atoms with van der Waals surface area (Å²) in [6.45, 7) is 2.13. The monoisotopic (exact) mass is 311 g/mol. The number of benzene rings is 3. The van der Waals surface area contributed by atoms with Crippen LogP contribution in [-0.4, -0.2) is 5.71 Å². The van der Waals surface area contributed by atoms with Gasteiger partial charge in [0.25, 0.3) is 0 Å². The minimum Gasteiger partial charge on any atom is -0.479 e. The molecule has 0 aromatic heterocycles. The van der Waals surface area contributed by atoms with Crippen LogP contribution < -0.4 is 4.74 Å². The van der Waals surface area contributed by atoms with Crippen LogP contribution in [0.2, 0.25) is 0 Å². The number of para-hydroxylation sites is 1. The number of ether oxygens (including phenoxy) is 1. The molecule has 0 amide bonds. The second-order valence-corrected chi connectivity index (χ2v) is 6.45. The molecule has 0 fully saturated rings. The first-order valence-corrected chi connectivity index (χ1v) is 8.30. The van der Waals surface area contributed by atoms with Crippen LogP contribution in [0.4, 0.5) is 0 Å². The Hall–Kier alpha value is -2.87. The first-order valence-electron chi connectivity index (χ1n) is 8.30. The van der Waals surface area contributed by atoms with Gasteiger partial charge in [-0.15, -0.1) is 0 Å². The molecule has 6 rings (SSSR count). The molecule has 0 saturated carbocycles. The van der Waals surface area contributed by atoms with Gasteiger partial charge in [0.2, 0.25) is 0 Å². The molecule has 2 nitrogen and oxygen atoms in total. The molecule has 0 N–H and O–H groups in total. The lowest BCUT2D eigenvalue weighted by Crippen LogP contribution is -2.24. The molecule has 3 aromatic carbocycles. The third kappa shape index (κ3) is 1.93. The van der Waals surface area contributed by atoms with E-state index in [9.17, 15) is 0 Å². The van der Waals surface area contributed by atoms with Crippen molar-refractivity contribution in [2.75, 3.05) is 0 Å². The van der Waals surface area contributed by atoms with Gasteiger partial charge in [0.05, 0.1) is 5.71 Å². The van der Waals surface area contributed by atoms with E-state index in [2.05, 4.69) is 67.6 Å². The summed E-state index contributed by atoms with van der Waals surface area (Å²) < 4.78 is 6.45. The Balaban J connectivity index is 1.78. The van der Waals surface area contributed by atoms with Crippen molar-refractivity contribution in [1.82, 2.24) is 0 Å². The van der Waals surface area contributed by atoms with E-state index in [1.165, 1.54) is 16.7 Å².